The highest BCUT2D eigenvalue weighted by Gasteiger charge is 2.20. The first-order chi connectivity index (χ1) is 12.1. The fourth-order valence-corrected chi connectivity index (χ4v) is 2.72. The molecule has 130 valence electrons. The first-order valence-corrected chi connectivity index (χ1v) is 8.01. The molecule has 1 atom stereocenters. The second kappa shape index (κ2) is 7.25. The molecule has 0 saturated carbocycles. The highest BCUT2D eigenvalue weighted by Crippen LogP contribution is 2.31. The van der Waals surface area contributed by atoms with Crippen LogP contribution in [0.25, 0.3) is 0 Å². The molecule has 1 unspecified atom stereocenters. The first kappa shape index (κ1) is 16.8. The van der Waals surface area contributed by atoms with Crippen LogP contribution >= 0.6 is 0 Å². The minimum atomic E-state index is -0.196. The van der Waals surface area contributed by atoms with Gasteiger partial charge >= 0.3 is 0 Å². The number of hydrogen-bond donors (Lipinski definition) is 1. The van der Waals surface area contributed by atoms with Crippen molar-refractivity contribution in [3.05, 3.63) is 65.9 Å². The third-order valence-corrected chi connectivity index (χ3v) is 4.00. The van der Waals surface area contributed by atoms with Gasteiger partial charge in [-0.1, -0.05) is 6.07 Å². The number of rotatable bonds is 6. The molecule has 3 rings (SSSR count). The van der Waals surface area contributed by atoms with Gasteiger partial charge in [0.2, 0.25) is 0 Å². The van der Waals surface area contributed by atoms with Crippen LogP contribution in [0.2, 0.25) is 0 Å². The number of aromatic nitrogens is 3. The van der Waals surface area contributed by atoms with Gasteiger partial charge in [-0.15, -0.1) is 0 Å². The van der Waals surface area contributed by atoms with Gasteiger partial charge in [0.05, 0.1) is 14.2 Å². The smallest absolute Gasteiger partial charge is 0.135 e. The van der Waals surface area contributed by atoms with E-state index in [-0.39, 0.29) is 6.04 Å². The standard InChI is InChI=1S/C19H22N4O2/c1-13-6-5-7-17(21-13)22-18(19-20-8-9-23(19)2)14-10-15(24-3)12-16(11-14)25-4/h5-12,18H,1-4H3,(H,21,22). The van der Waals surface area contributed by atoms with E-state index in [1.807, 2.05) is 61.1 Å². The number of pyridine rings is 1. The van der Waals surface area contributed by atoms with Gasteiger partial charge in [0, 0.05) is 31.2 Å². The zero-order chi connectivity index (χ0) is 17.8. The Morgan fingerprint density at radius 1 is 1.08 bits per heavy atom. The molecule has 6 nitrogen and oxygen atoms in total. The maximum atomic E-state index is 5.41. The van der Waals surface area contributed by atoms with Gasteiger partial charge in [0.25, 0.3) is 0 Å². The van der Waals surface area contributed by atoms with Gasteiger partial charge in [-0.05, 0) is 36.8 Å². The topological polar surface area (TPSA) is 61.2 Å². The Kier molecular flexibility index (Phi) is 4.88. The molecule has 0 radical (unpaired) electrons. The third kappa shape index (κ3) is 3.74. The van der Waals surface area contributed by atoms with Gasteiger partial charge in [0.1, 0.15) is 29.2 Å². The van der Waals surface area contributed by atoms with Gasteiger partial charge in [-0.25, -0.2) is 9.97 Å². The number of methoxy groups -OCH3 is 2. The van der Waals surface area contributed by atoms with Crippen LogP contribution in [0, 0.1) is 6.92 Å². The van der Waals surface area contributed by atoms with E-state index < -0.39 is 0 Å². The summed E-state index contributed by atoms with van der Waals surface area (Å²) in [5.41, 5.74) is 1.93. The average Bonchev–Trinajstić information content (AvgIpc) is 3.05. The molecule has 6 heteroatoms. The molecule has 2 aromatic heterocycles. The van der Waals surface area contributed by atoms with E-state index in [1.54, 1.807) is 20.4 Å². The second-order valence-corrected chi connectivity index (χ2v) is 5.78. The summed E-state index contributed by atoms with van der Waals surface area (Å²) in [5.74, 6) is 3.12. The van der Waals surface area contributed by atoms with Crippen molar-refractivity contribution in [1.82, 2.24) is 14.5 Å². The molecule has 0 aliphatic carbocycles. The predicted molar refractivity (Wildman–Crippen MR) is 97.2 cm³/mol. The van der Waals surface area contributed by atoms with E-state index in [2.05, 4.69) is 15.3 Å². The van der Waals surface area contributed by atoms with Crippen LogP contribution in [0.5, 0.6) is 11.5 Å². The molecule has 0 fully saturated rings. The van der Waals surface area contributed by atoms with E-state index in [0.29, 0.717) is 0 Å². The molecule has 3 aromatic rings. The molecule has 25 heavy (non-hydrogen) atoms. The van der Waals surface area contributed by atoms with Crippen molar-refractivity contribution in [2.24, 2.45) is 7.05 Å². The summed E-state index contributed by atoms with van der Waals surface area (Å²) >= 11 is 0. The zero-order valence-corrected chi connectivity index (χ0v) is 14.9. The summed E-state index contributed by atoms with van der Waals surface area (Å²) < 4.78 is 12.8. The molecule has 0 spiro atoms. The number of ether oxygens (including phenoxy) is 2. The third-order valence-electron chi connectivity index (χ3n) is 4.00. The predicted octanol–water partition coefficient (Wildman–Crippen LogP) is 3.34. The minimum absolute atomic E-state index is 0.196. The fourth-order valence-electron chi connectivity index (χ4n) is 2.72. The van der Waals surface area contributed by atoms with Crippen LogP contribution in [0.3, 0.4) is 0 Å². The van der Waals surface area contributed by atoms with Crippen LogP contribution in [0.4, 0.5) is 5.82 Å². The van der Waals surface area contributed by atoms with Crippen molar-refractivity contribution < 1.29 is 9.47 Å². The van der Waals surface area contributed by atoms with E-state index in [9.17, 15) is 0 Å². The first-order valence-electron chi connectivity index (χ1n) is 8.01. The molecule has 0 aliphatic heterocycles. The fraction of sp³-hybridized carbons (Fsp3) is 0.263. The van der Waals surface area contributed by atoms with Crippen molar-refractivity contribution in [3.63, 3.8) is 0 Å². The maximum Gasteiger partial charge on any atom is 0.135 e. The SMILES string of the molecule is COc1cc(OC)cc(C(Nc2cccc(C)n2)c2nccn2C)c1. The Bertz CT molecular complexity index is 838. The van der Waals surface area contributed by atoms with Gasteiger partial charge in [-0.2, -0.15) is 0 Å². The van der Waals surface area contributed by atoms with Crippen LogP contribution in [-0.2, 0) is 7.05 Å². The molecule has 2 heterocycles. The highest BCUT2D eigenvalue weighted by atomic mass is 16.5. The molecule has 0 aliphatic rings. The summed E-state index contributed by atoms with van der Waals surface area (Å²) in [4.78, 5) is 9.07. The summed E-state index contributed by atoms with van der Waals surface area (Å²) in [7, 11) is 5.26. The summed E-state index contributed by atoms with van der Waals surface area (Å²) in [6.07, 6.45) is 3.70. The lowest BCUT2D eigenvalue weighted by molar-refractivity contribution is 0.393. The maximum absolute atomic E-state index is 5.41. The van der Waals surface area contributed by atoms with Crippen molar-refractivity contribution in [3.8, 4) is 11.5 Å². The van der Waals surface area contributed by atoms with Crippen molar-refractivity contribution in [2.75, 3.05) is 19.5 Å². The largest absolute Gasteiger partial charge is 0.497 e. The number of imidazole rings is 1. The minimum Gasteiger partial charge on any atom is -0.497 e. The van der Waals surface area contributed by atoms with Gasteiger partial charge < -0.3 is 19.4 Å². The van der Waals surface area contributed by atoms with Crippen molar-refractivity contribution >= 4 is 5.82 Å². The summed E-state index contributed by atoms with van der Waals surface area (Å²) in [6.45, 7) is 1.97. The van der Waals surface area contributed by atoms with Crippen LogP contribution in [0.1, 0.15) is 23.1 Å². The number of anilines is 1. The highest BCUT2D eigenvalue weighted by molar-refractivity contribution is 5.47. The molecule has 0 amide bonds. The summed E-state index contributed by atoms with van der Waals surface area (Å²) in [6, 6.07) is 11.5. The monoisotopic (exact) mass is 338 g/mol. The Morgan fingerprint density at radius 3 is 2.36 bits per heavy atom. The molecule has 1 aromatic carbocycles. The zero-order valence-electron chi connectivity index (χ0n) is 14.9. The van der Waals surface area contributed by atoms with Gasteiger partial charge in [-0.3, -0.25) is 0 Å². The van der Waals surface area contributed by atoms with Crippen molar-refractivity contribution in [2.45, 2.75) is 13.0 Å². The lowest BCUT2D eigenvalue weighted by Crippen LogP contribution is -2.17. The summed E-state index contributed by atoms with van der Waals surface area (Å²) in [5, 5.41) is 3.48. The number of nitrogens with zero attached hydrogens (tertiary/aromatic N) is 3. The Balaban J connectivity index is 2.07. The average molecular weight is 338 g/mol. The Hall–Kier alpha value is -3.02. The molecule has 0 bridgehead atoms. The van der Waals surface area contributed by atoms with Crippen LogP contribution in [-0.4, -0.2) is 28.8 Å². The lowest BCUT2D eigenvalue weighted by Gasteiger charge is -2.21. The molecular formula is C19H22N4O2. The van der Waals surface area contributed by atoms with Gasteiger partial charge in [0.15, 0.2) is 0 Å². The Labute approximate surface area is 147 Å². The normalized spacial score (nSPS) is 11.8. The second-order valence-electron chi connectivity index (χ2n) is 5.78. The quantitative estimate of drug-likeness (QED) is 0.747. The number of nitrogens with one attached hydrogen (secondary N) is 1. The molecule has 0 saturated heterocycles. The van der Waals surface area contributed by atoms with E-state index in [4.69, 9.17) is 9.47 Å². The Morgan fingerprint density at radius 2 is 1.80 bits per heavy atom. The van der Waals surface area contributed by atoms with Crippen molar-refractivity contribution in [1.29, 1.82) is 0 Å². The molecule has 1 N–H and O–H groups in total. The van der Waals surface area contributed by atoms with E-state index in [1.165, 1.54) is 0 Å². The number of aryl methyl sites for hydroxylation is 2. The van der Waals surface area contributed by atoms with E-state index in [0.717, 1.165) is 34.4 Å². The molecular weight excluding hydrogens is 316 g/mol. The lowest BCUT2D eigenvalue weighted by atomic mass is 10.0. The number of benzene rings is 1. The van der Waals surface area contributed by atoms with E-state index >= 15 is 0 Å². The van der Waals surface area contributed by atoms with Crippen LogP contribution in [0.15, 0.2) is 48.8 Å². The number of hydrogen-bond acceptors (Lipinski definition) is 5. The van der Waals surface area contributed by atoms with Crippen LogP contribution < -0.4 is 14.8 Å².